The lowest BCUT2D eigenvalue weighted by Crippen LogP contribution is -2.45. The first-order valence-corrected chi connectivity index (χ1v) is 6.71. The number of aliphatic hydroxyl groups excluding tert-OH is 1. The first-order chi connectivity index (χ1) is 9.04. The molecule has 2 atom stereocenters. The van der Waals surface area contributed by atoms with Crippen LogP contribution in [-0.2, 0) is 16.1 Å². The molecule has 1 aromatic rings. The van der Waals surface area contributed by atoms with Gasteiger partial charge in [-0.25, -0.2) is 0 Å². The van der Waals surface area contributed by atoms with Gasteiger partial charge in [0.2, 0.25) is 0 Å². The Morgan fingerprint density at radius 3 is 2.68 bits per heavy atom. The van der Waals surface area contributed by atoms with E-state index in [4.69, 9.17) is 4.84 Å². The molecule has 0 radical (unpaired) electrons. The third kappa shape index (κ3) is 4.04. The zero-order chi connectivity index (χ0) is 13.8. The fraction of sp³-hybridized carbons (Fsp3) is 0.533. The lowest BCUT2D eigenvalue weighted by molar-refractivity contribution is -0.204. The van der Waals surface area contributed by atoms with Gasteiger partial charge >= 0.3 is 5.97 Å². The van der Waals surface area contributed by atoms with Crippen LogP contribution in [0.2, 0.25) is 0 Å². The molecule has 2 rings (SSSR count). The van der Waals surface area contributed by atoms with Gasteiger partial charge in [-0.2, -0.15) is 0 Å². The number of hydrogen-bond acceptors (Lipinski definition) is 4. The van der Waals surface area contributed by atoms with E-state index in [1.54, 1.807) is 5.06 Å². The number of β-amino-alcohol motifs (C(OH)–C–C–N with tert-alkyl or cyclic N) is 1. The van der Waals surface area contributed by atoms with Crippen molar-refractivity contribution < 1.29 is 14.7 Å². The smallest absolute Gasteiger partial charge is 0.322 e. The van der Waals surface area contributed by atoms with E-state index in [9.17, 15) is 9.90 Å². The summed E-state index contributed by atoms with van der Waals surface area (Å²) in [6, 6.07) is 8.41. The van der Waals surface area contributed by atoms with Gasteiger partial charge in [0.25, 0.3) is 0 Å². The van der Waals surface area contributed by atoms with E-state index in [0.29, 0.717) is 13.1 Å². The SMILES string of the molecule is CC(=O)ON1CCC(Cc2ccc(C)cc2)C(O)C1. The summed E-state index contributed by atoms with van der Waals surface area (Å²) in [5.74, 6) is -0.0984. The average Bonchev–Trinajstić information content (AvgIpc) is 2.34. The molecule has 0 aliphatic carbocycles. The monoisotopic (exact) mass is 263 g/mol. The van der Waals surface area contributed by atoms with Gasteiger partial charge < -0.3 is 9.94 Å². The van der Waals surface area contributed by atoms with Gasteiger partial charge in [-0.15, -0.1) is 5.06 Å². The second-order valence-electron chi connectivity index (χ2n) is 5.28. The highest BCUT2D eigenvalue weighted by molar-refractivity contribution is 5.65. The average molecular weight is 263 g/mol. The van der Waals surface area contributed by atoms with Crippen LogP contribution in [0.25, 0.3) is 0 Å². The predicted octanol–water partition coefficient (Wildman–Crippen LogP) is 1.70. The van der Waals surface area contributed by atoms with Crippen LogP contribution in [0.1, 0.15) is 24.5 Å². The van der Waals surface area contributed by atoms with Gasteiger partial charge in [0.1, 0.15) is 0 Å². The standard InChI is InChI=1S/C15H21NO3/c1-11-3-5-13(6-4-11)9-14-7-8-16(10-15(14)18)19-12(2)17/h3-6,14-15,18H,7-10H2,1-2H3. The molecule has 104 valence electrons. The van der Waals surface area contributed by atoms with Crippen molar-refractivity contribution in [2.75, 3.05) is 13.1 Å². The van der Waals surface area contributed by atoms with E-state index in [1.165, 1.54) is 18.1 Å². The molecule has 19 heavy (non-hydrogen) atoms. The Balaban J connectivity index is 1.89. The molecule has 0 aromatic heterocycles. The summed E-state index contributed by atoms with van der Waals surface area (Å²) in [6.07, 6.45) is 1.26. The normalized spacial score (nSPS) is 24.2. The van der Waals surface area contributed by atoms with Gasteiger partial charge in [0.05, 0.1) is 12.6 Å². The van der Waals surface area contributed by atoms with Crippen molar-refractivity contribution in [1.29, 1.82) is 0 Å². The molecule has 0 amide bonds. The number of hydroxylamine groups is 2. The van der Waals surface area contributed by atoms with E-state index in [0.717, 1.165) is 12.8 Å². The van der Waals surface area contributed by atoms with E-state index in [-0.39, 0.29) is 11.9 Å². The van der Waals surface area contributed by atoms with E-state index in [2.05, 4.69) is 31.2 Å². The molecule has 0 spiro atoms. The van der Waals surface area contributed by atoms with Crippen molar-refractivity contribution >= 4 is 5.97 Å². The molecule has 1 aliphatic heterocycles. The van der Waals surface area contributed by atoms with Crippen LogP contribution in [0.15, 0.2) is 24.3 Å². The van der Waals surface area contributed by atoms with Crippen LogP contribution >= 0.6 is 0 Å². The van der Waals surface area contributed by atoms with Crippen molar-refractivity contribution in [3.05, 3.63) is 35.4 Å². The molecule has 1 saturated heterocycles. The van der Waals surface area contributed by atoms with Crippen molar-refractivity contribution in [3.8, 4) is 0 Å². The first-order valence-electron chi connectivity index (χ1n) is 6.71. The van der Waals surface area contributed by atoms with Gasteiger partial charge in [-0.1, -0.05) is 29.8 Å². The number of rotatable bonds is 3. The van der Waals surface area contributed by atoms with Gasteiger partial charge in [0.15, 0.2) is 0 Å². The maximum Gasteiger partial charge on any atom is 0.322 e. The Kier molecular flexibility index (Phi) is 4.56. The Hall–Kier alpha value is -1.39. The number of carbonyl (C=O) groups is 1. The number of aliphatic hydroxyl groups is 1. The number of benzene rings is 1. The highest BCUT2D eigenvalue weighted by Gasteiger charge is 2.29. The number of carbonyl (C=O) groups excluding carboxylic acids is 1. The maximum atomic E-state index is 10.9. The summed E-state index contributed by atoms with van der Waals surface area (Å²) in [7, 11) is 0. The molecular weight excluding hydrogens is 242 g/mol. The quantitative estimate of drug-likeness (QED) is 0.901. The zero-order valence-corrected chi connectivity index (χ0v) is 11.5. The fourth-order valence-corrected chi connectivity index (χ4v) is 2.48. The van der Waals surface area contributed by atoms with Gasteiger partial charge in [0, 0.05) is 13.5 Å². The Morgan fingerprint density at radius 2 is 2.11 bits per heavy atom. The van der Waals surface area contributed by atoms with Crippen LogP contribution in [0.4, 0.5) is 0 Å². The number of aryl methyl sites for hydroxylation is 1. The Morgan fingerprint density at radius 1 is 1.42 bits per heavy atom. The second-order valence-corrected chi connectivity index (χ2v) is 5.28. The predicted molar refractivity (Wildman–Crippen MR) is 72.3 cm³/mol. The highest BCUT2D eigenvalue weighted by atomic mass is 16.7. The molecule has 0 bridgehead atoms. The zero-order valence-electron chi connectivity index (χ0n) is 11.5. The molecule has 0 saturated carbocycles. The topological polar surface area (TPSA) is 49.8 Å². The summed E-state index contributed by atoms with van der Waals surface area (Å²) in [6.45, 7) is 4.53. The molecule has 1 aliphatic rings. The maximum absolute atomic E-state index is 10.9. The van der Waals surface area contributed by atoms with Crippen molar-refractivity contribution in [1.82, 2.24) is 5.06 Å². The molecule has 1 N–H and O–H groups in total. The van der Waals surface area contributed by atoms with Crippen molar-refractivity contribution in [2.24, 2.45) is 5.92 Å². The van der Waals surface area contributed by atoms with E-state index >= 15 is 0 Å². The summed E-state index contributed by atoms with van der Waals surface area (Å²) in [5, 5.41) is 11.7. The molecular formula is C15H21NO3. The number of hydrogen-bond donors (Lipinski definition) is 1. The molecule has 1 fully saturated rings. The summed E-state index contributed by atoms with van der Waals surface area (Å²) in [5.41, 5.74) is 2.49. The molecule has 2 unspecified atom stereocenters. The van der Waals surface area contributed by atoms with E-state index in [1.807, 2.05) is 0 Å². The van der Waals surface area contributed by atoms with Crippen LogP contribution in [-0.4, -0.2) is 35.3 Å². The van der Waals surface area contributed by atoms with Crippen LogP contribution in [0.3, 0.4) is 0 Å². The van der Waals surface area contributed by atoms with Gasteiger partial charge in [-0.3, -0.25) is 4.79 Å². The van der Waals surface area contributed by atoms with E-state index < -0.39 is 6.10 Å². The minimum Gasteiger partial charge on any atom is -0.391 e. The van der Waals surface area contributed by atoms with Crippen molar-refractivity contribution in [3.63, 3.8) is 0 Å². The minimum absolute atomic E-state index is 0.231. The summed E-state index contributed by atoms with van der Waals surface area (Å²) in [4.78, 5) is 15.9. The summed E-state index contributed by atoms with van der Waals surface area (Å²) >= 11 is 0. The minimum atomic E-state index is -0.450. The molecule has 4 heteroatoms. The van der Waals surface area contributed by atoms with Crippen molar-refractivity contribution in [2.45, 2.75) is 32.8 Å². The summed E-state index contributed by atoms with van der Waals surface area (Å²) < 4.78 is 0. The first kappa shape index (κ1) is 14.0. The number of piperidine rings is 1. The Labute approximate surface area is 113 Å². The fourth-order valence-electron chi connectivity index (χ4n) is 2.48. The number of nitrogens with zero attached hydrogens (tertiary/aromatic N) is 1. The largest absolute Gasteiger partial charge is 0.391 e. The lowest BCUT2D eigenvalue weighted by Gasteiger charge is -2.34. The van der Waals surface area contributed by atoms with Crippen LogP contribution < -0.4 is 0 Å². The second kappa shape index (κ2) is 6.17. The van der Waals surface area contributed by atoms with Crippen LogP contribution in [0, 0.1) is 12.8 Å². The van der Waals surface area contributed by atoms with Gasteiger partial charge in [-0.05, 0) is 31.2 Å². The third-order valence-corrected chi connectivity index (χ3v) is 3.56. The molecule has 1 heterocycles. The van der Waals surface area contributed by atoms with Crippen LogP contribution in [0.5, 0.6) is 0 Å². The lowest BCUT2D eigenvalue weighted by atomic mass is 9.88. The molecule has 1 aromatic carbocycles. The Bertz CT molecular complexity index is 430. The molecule has 4 nitrogen and oxygen atoms in total. The third-order valence-electron chi connectivity index (χ3n) is 3.56. The highest BCUT2D eigenvalue weighted by Crippen LogP contribution is 2.22.